The molecular formula is C20H17N3O3S. The Bertz CT molecular complexity index is 1030. The molecule has 27 heavy (non-hydrogen) atoms. The maximum absolute atomic E-state index is 12.6. The highest BCUT2D eigenvalue weighted by Crippen LogP contribution is 2.23. The Morgan fingerprint density at radius 2 is 1.89 bits per heavy atom. The number of aromatic nitrogens is 1. The van der Waals surface area contributed by atoms with E-state index >= 15 is 0 Å². The number of carbonyl (C=O) groups excluding carboxylic acids is 3. The molecule has 1 aliphatic heterocycles. The van der Waals surface area contributed by atoms with Crippen molar-refractivity contribution in [2.75, 3.05) is 13.6 Å². The molecule has 2 aromatic carbocycles. The number of hydrogen-bond acceptors (Lipinski definition) is 5. The van der Waals surface area contributed by atoms with Crippen molar-refractivity contribution in [2.24, 2.45) is 0 Å². The van der Waals surface area contributed by atoms with Crippen molar-refractivity contribution < 1.29 is 14.4 Å². The molecule has 3 aromatic rings. The maximum Gasteiger partial charge on any atom is 0.261 e. The highest BCUT2D eigenvalue weighted by atomic mass is 32.1. The molecule has 0 unspecified atom stereocenters. The third-order valence-electron chi connectivity index (χ3n) is 4.57. The van der Waals surface area contributed by atoms with E-state index in [1.165, 1.54) is 16.2 Å². The zero-order valence-corrected chi connectivity index (χ0v) is 15.5. The molecule has 136 valence electrons. The molecule has 0 N–H and O–H groups in total. The van der Waals surface area contributed by atoms with Gasteiger partial charge in [0.25, 0.3) is 5.91 Å². The fourth-order valence-electron chi connectivity index (χ4n) is 3.09. The number of para-hydroxylation sites is 1. The summed E-state index contributed by atoms with van der Waals surface area (Å²) in [6, 6.07) is 14.8. The number of likely N-dealkylation sites (N-methyl/N-ethyl adjacent to an activating group) is 1. The lowest BCUT2D eigenvalue weighted by Gasteiger charge is -2.27. The van der Waals surface area contributed by atoms with Gasteiger partial charge in [0, 0.05) is 12.6 Å². The van der Waals surface area contributed by atoms with E-state index in [-0.39, 0.29) is 24.8 Å². The molecule has 2 heterocycles. The number of thiazole rings is 1. The maximum atomic E-state index is 12.6. The zero-order valence-electron chi connectivity index (χ0n) is 14.7. The van der Waals surface area contributed by atoms with Crippen molar-refractivity contribution in [1.82, 2.24) is 14.8 Å². The third-order valence-corrected chi connectivity index (χ3v) is 5.59. The Labute approximate surface area is 160 Å². The topological polar surface area (TPSA) is 70.6 Å². The largest absolute Gasteiger partial charge is 0.337 e. The van der Waals surface area contributed by atoms with Gasteiger partial charge < -0.3 is 4.90 Å². The summed E-state index contributed by atoms with van der Waals surface area (Å²) in [5.41, 5.74) is 2.09. The predicted molar refractivity (Wildman–Crippen MR) is 102 cm³/mol. The van der Waals surface area contributed by atoms with E-state index in [1.807, 2.05) is 24.3 Å². The SMILES string of the molecule is CN(Cc1nc2ccccc2s1)C(=O)CN1C(=O)Cc2ccccc2C1=O. The molecule has 0 atom stereocenters. The molecule has 0 fully saturated rings. The molecule has 0 radical (unpaired) electrons. The van der Waals surface area contributed by atoms with E-state index in [1.54, 1.807) is 31.3 Å². The average molecular weight is 379 g/mol. The smallest absolute Gasteiger partial charge is 0.261 e. The van der Waals surface area contributed by atoms with Crippen LogP contribution in [0.4, 0.5) is 0 Å². The molecule has 0 spiro atoms. The van der Waals surface area contributed by atoms with Gasteiger partial charge in [0.05, 0.1) is 23.2 Å². The first-order valence-electron chi connectivity index (χ1n) is 8.54. The summed E-state index contributed by atoms with van der Waals surface area (Å²) >= 11 is 1.53. The first-order chi connectivity index (χ1) is 13.0. The number of carbonyl (C=O) groups is 3. The van der Waals surface area contributed by atoms with Crippen LogP contribution in [0.5, 0.6) is 0 Å². The molecule has 6 nitrogen and oxygen atoms in total. The summed E-state index contributed by atoms with van der Waals surface area (Å²) in [6.45, 7) is 0.0817. The lowest BCUT2D eigenvalue weighted by molar-refractivity contribution is -0.137. The number of hydrogen-bond donors (Lipinski definition) is 0. The van der Waals surface area contributed by atoms with Crippen molar-refractivity contribution >= 4 is 39.3 Å². The Kier molecular flexibility index (Phi) is 4.45. The van der Waals surface area contributed by atoms with Crippen LogP contribution in [0.25, 0.3) is 10.2 Å². The van der Waals surface area contributed by atoms with Gasteiger partial charge in [-0.1, -0.05) is 30.3 Å². The number of rotatable bonds is 4. The van der Waals surface area contributed by atoms with E-state index in [4.69, 9.17) is 0 Å². The van der Waals surface area contributed by atoms with Crippen LogP contribution in [0.1, 0.15) is 20.9 Å². The molecule has 0 bridgehead atoms. The molecule has 0 aliphatic carbocycles. The normalized spacial score (nSPS) is 13.7. The van der Waals surface area contributed by atoms with E-state index in [0.717, 1.165) is 20.1 Å². The van der Waals surface area contributed by atoms with Gasteiger partial charge in [-0.05, 0) is 23.8 Å². The second-order valence-corrected chi connectivity index (χ2v) is 7.56. The van der Waals surface area contributed by atoms with Gasteiger partial charge in [0.2, 0.25) is 11.8 Å². The summed E-state index contributed by atoms with van der Waals surface area (Å²) in [4.78, 5) is 44.6. The summed E-state index contributed by atoms with van der Waals surface area (Å²) < 4.78 is 1.06. The van der Waals surface area contributed by atoms with Crippen LogP contribution in [0.15, 0.2) is 48.5 Å². The van der Waals surface area contributed by atoms with Crippen molar-refractivity contribution in [3.8, 4) is 0 Å². The standard InChI is InChI=1S/C20H17N3O3S/c1-22(11-17-21-15-8-4-5-9-16(15)27-17)19(25)12-23-18(24)10-13-6-2-3-7-14(13)20(23)26/h2-9H,10-12H2,1H3. The molecule has 0 saturated heterocycles. The monoisotopic (exact) mass is 379 g/mol. The lowest BCUT2D eigenvalue weighted by Crippen LogP contribution is -2.47. The second-order valence-electron chi connectivity index (χ2n) is 6.44. The first-order valence-corrected chi connectivity index (χ1v) is 9.35. The minimum absolute atomic E-state index is 0.136. The van der Waals surface area contributed by atoms with Crippen LogP contribution in [0.2, 0.25) is 0 Å². The number of fused-ring (bicyclic) bond motifs is 2. The van der Waals surface area contributed by atoms with E-state index in [9.17, 15) is 14.4 Å². The van der Waals surface area contributed by atoms with Gasteiger partial charge in [0.15, 0.2) is 0 Å². The lowest BCUT2D eigenvalue weighted by atomic mass is 9.98. The predicted octanol–water partition coefficient (Wildman–Crippen LogP) is 2.48. The second kappa shape index (κ2) is 6.92. The van der Waals surface area contributed by atoms with Crippen molar-refractivity contribution in [2.45, 2.75) is 13.0 Å². The minimum atomic E-state index is -0.413. The molecule has 4 rings (SSSR count). The van der Waals surface area contributed by atoms with Gasteiger partial charge in [-0.2, -0.15) is 0 Å². The summed E-state index contributed by atoms with van der Waals surface area (Å²) in [5, 5.41) is 0.814. The fraction of sp³-hybridized carbons (Fsp3) is 0.200. The van der Waals surface area contributed by atoms with Gasteiger partial charge in [-0.3, -0.25) is 19.3 Å². The van der Waals surface area contributed by atoms with Gasteiger partial charge in [-0.15, -0.1) is 11.3 Å². The minimum Gasteiger partial charge on any atom is -0.337 e. The zero-order chi connectivity index (χ0) is 19.0. The van der Waals surface area contributed by atoms with E-state index in [2.05, 4.69) is 4.98 Å². The molecule has 1 aliphatic rings. The molecule has 3 amide bonds. The Morgan fingerprint density at radius 3 is 2.70 bits per heavy atom. The van der Waals surface area contributed by atoms with Crippen LogP contribution < -0.4 is 0 Å². The summed E-state index contributed by atoms with van der Waals surface area (Å²) in [6.07, 6.45) is 0.136. The van der Waals surface area contributed by atoms with Gasteiger partial charge in [0.1, 0.15) is 11.6 Å². The Balaban J connectivity index is 1.46. The van der Waals surface area contributed by atoms with E-state index in [0.29, 0.717) is 17.7 Å². The molecule has 0 saturated carbocycles. The van der Waals surface area contributed by atoms with Crippen LogP contribution in [0, 0.1) is 0 Å². The molecule has 1 aromatic heterocycles. The van der Waals surface area contributed by atoms with Crippen LogP contribution in [-0.2, 0) is 22.6 Å². The first kappa shape index (κ1) is 17.4. The van der Waals surface area contributed by atoms with Crippen LogP contribution in [0.3, 0.4) is 0 Å². The van der Waals surface area contributed by atoms with Crippen LogP contribution in [-0.4, -0.2) is 46.1 Å². The summed E-state index contributed by atoms with van der Waals surface area (Å²) in [5.74, 6) is -1.06. The third kappa shape index (κ3) is 3.33. The van der Waals surface area contributed by atoms with E-state index < -0.39 is 5.91 Å². The van der Waals surface area contributed by atoms with Gasteiger partial charge >= 0.3 is 0 Å². The highest BCUT2D eigenvalue weighted by Gasteiger charge is 2.32. The number of benzene rings is 2. The number of amides is 3. The van der Waals surface area contributed by atoms with Crippen molar-refractivity contribution in [1.29, 1.82) is 0 Å². The average Bonchev–Trinajstić information content (AvgIpc) is 3.07. The molecule has 7 heteroatoms. The number of imide groups is 1. The quantitative estimate of drug-likeness (QED) is 0.653. The van der Waals surface area contributed by atoms with Crippen LogP contribution >= 0.6 is 11.3 Å². The highest BCUT2D eigenvalue weighted by molar-refractivity contribution is 7.18. The van der Waals surface area contributed by atoms with Crippen molar-refractivity contribution in [3.05, 3.63) is 64.7 Å². The number of nitrogens with zero attached hydrogens (tertiary/aromatic N) is 3. The Hall–Kier alpha value is -3.06. The fourth-order valence-corrected chi connectivity index (χ4v) is 4.12. The summed E-state index contributed by atoms with van der Waals surface area (Å²) in [7, 11) is 1.65. The molecular weight excluding hydrogens is 362 g/mol. The Morgan fingerprint density at radius 1 is 1.15 bits per heavy atom. The van der Waals surface area contributed by atoms with Gasteiger partial charge in [-0.25, -0.2) is 4.98 Å². The van der Waals surface area contributed by atoms with Crippen molar-refractivity contribution in [3.63, 3.8) is 0 Å².